The predicted molar refractivity (Wildman–Crippen MR) is 38.1 cm³/mol. The van der Waals surface area contributed by atoms with E-state index in [0.717, 1.165) is 6.29 Å². The van der Waals surface area contributed by atoms with E-state index in [1.807, 2.05) is 20.8 Å². The molecule has 2 heteroatoms. The van der Waals surface area contributed by atoms with Crippen LogP contribution in [-0.2, 0) is 4.79 Å². The Kier molecular flexibility index (Phi) is 2.85. The standard InChI is InChI=1S/C7H15NO/c1-6(4-5-9)7(2,3)8/h5-6H,4,8H2,1-3H3. The third-order valence-corrected chi connectivity index (χ3v) is 1.72. The molecule has 0 aliphatic carbocycles. The summed E-state index contributed by atoms with van der Waals surface area (Å²) in [5.74, 6) is 0.273. The van der Waals surface area contributed by atoms with Crippen molar-refractivity contribution in [3.63, 3.8) is 0 Å². The van der Waals surface area contributed by atoms with E-state index in [-0.39, 0.29) is 11.5 Å². The monoisotopic (exact) mass is 129 g/mol. The summed E-state index contributed by atoms with van der Waals surface area (Å²) < 4.78 is 0. The van der Waals surface area contributed by atoms with Crippen molar-refractivity contribution in [1.82, 2.24) is 0 Å². The molecule has 9 heavy (non-hydrogen) atoms. The van der Waals surface area contributed by atoms with Crippen molar-refractivity contribution in [1.29, 1.82) is 0 Å². The second kappa shape index (κ2) is 2.97. The van der Waals surface area contributed by atoms with Crippen molar-refractivity contribution < 1.29 is 4.79 Å². The molecule has 0 radical (unpaired) electrons. The highest BCUT2D eigenvalue weighted by molar-refractivity contribution is 5.49. The Balaban J connectivity index is 3.72. The maximum absolute atomic E-state index is 10.0. The zero-order chi connectivity index (χ0) is 7.49. The number of hydrogen-bond acceptors (Lipinski definition) is 2. The van der Waals surface area contributed by atoms with Gasteiger partial charge in [0, 0.05) is 12.0 Å². The van der Waals surface area contributed by atoms with Crippen molar-refractivity contribution in [3.8, 4) is 0 Å². The maximum atomic E-state index is 10.0. The zero-order valence-electron chi connectivity index (χ0n) is 6.35. The average Bonchev–Trinajstić information content (AvgIpc) is 1.64. The minimum atomic E-state index is -0.221. The molecule has 2 nitrogen and oxygen atoms in total. The van der Waals surface area contributed by atoms with E-state index in [1.54, 1.807) is 0 Å². The van der Waals surface area contributed by atoms with E-state index < -0.39 is 0 Å². The van der Waals surface area contributed by atoms with Crippen LogP contribution >= 0.6 is 0 Å². The van der Waals surface area contributed by atoms with Gasteiger partial charge in [0.15, 0.2) is 0 Å². The topological polar surface area (TPSA) is 43.1 Å². The average molecular weight is 129 g/mol. The first-order valence-corrected chi connectivity index (χ1v) is 3.21. The summed E-state index contributed by atoms with van der Waals surface area (Å²) >= 11 is 0. The lowest BCUT2D eigenvalue weighted by Gasteiger charge is -2.24. The Morgan fingerprint density at radius 1 is 1.67 bits per heavy atom. The molecular formula is C7H15NO. The van der Waals surface area contributed by atoms with Gasteiger partial charge >= 0.3 is 0 Å². The van der Waals surface area contributed by atoms with Crippen LogP contribution in [0.1, 0.15) is 27.2 Å². The van der Waals surface area contributed by atoms with Gasteiger partial charge in [-0.15, -0.1) is 0 Å². The molecule has 0 aromatic heterocycles. The Morgan fingerprint density at radius 3 is 2.22 bits per heavy atom. The van der Waals surface area contributed by atoms with Gasteiger partial charge in [-0.1, -0.05) is 6.92 Å². The van der Waals surface area contributed by atoms with Gasteiger partial charge in [0.05, 0.1) is 0 Å². The number of nitrogens with two attached hydrogens (primary N) is 1. The van der Waals surface area contributed by atoms with Crippen LogP contribution in [0.3, 0.4) is 0 Å². The van der Waals surface area contributed by atoms with E-state index in [2.05, 4.69) is 0 Å². The van der Waals surface area contributed by atoms with Crippen molar-refractivity contribution in [2.24, 2.45) is 11.7 Å². The summed E-state index contributed by atoms with van der Waals surface area (Å²) in [6, 6.07) is 0. The van der Waals surface area contributed by atoms with Crippen LogP contribution in [0.2, 0.25) is 0 Å². The van der Waals surface area contributed by atoms with Gasteiger partial charge in [0.2, 0.25) is 0 Å². The van der Waals surface area contributed by atoms with Crippen molar-refractivity contribution in [3.05, 3.63) is 0 Å². The minimum absolute atomic E-state index is 0.221. The zero-order valence-corrected chi connectivity index (χ0v) is 6.35. The van der Waals surface area contributed by atoms with Crippen LogP contribution < -0.4 is 5.73 Å². The summed E-state index contributed by atoms with van der Waals surface area (Å²) in [5.41, 5.74) is 5.48. The third-order valence-electron chi connectivity index (χ3n) is 1.72. The smallest absolute Gasteiger partial charge is 0.120 e. The fraction of sp³-hybridized carbons (Fsp3) is 0.857. The summed E-state index contributed by atoms with van der Waals surface area (Å²) in [4.78, 5) is 10.0. The summed E-state index contributed by atoms with van der Waals surface area (Å²) in [6.07, 6.45) is 1.47. The molecule has 54 valence electrons. The van der Waals surface area contributed by atoms with Crippen molar-refractivity contribution in [2.75, 3.05) is 0 Å². The highest BCUT2D eigenvalue weighted by Gasteiger charge is 2.19. The summed E-state index contributed by atoms with van der Waals surface area (Å²) in [7, 11) is 0. The molecular weight excluding hydrogens is 114 g/mol. The molecule has 0 spiro atoms. The molecule has 0 rings (SSSR count). The number of rotatable bonds is 3. The highest BCUT2D eigenvalue weighted by Crippen LogP contribution is 2.14. The van der Waals surface area contributed by atoms with Gasteiger partial charge in [-0.2, -0.15) is 0 Å². The second-order valence-corrected chi connectivity index (χ2v) is 3.12. The predicted octanol–water partition coefficient (Wildman–Crippen LogP) is 0.949. The third kappa shape index (κ3) is 3.25. The molecule has 0 bridgehead atoms. The lowest BCUT2D eigenvalue weighted by atomic mass is 9.88. The quantitative estimate of drug-likeness (QED) is 0.576. The molecule has 0 aromatic rings. The van der Waals surface area contributed by atoms with Gasteiger partial charge in [-0.25, -0.2) is 0 Å². The summed E-state index contributed by atoms with van der Waals surface area (Å²) in [6.45, 7) is 5.84. The van der Waals surface area contributed by atoms with Crippen LogP contribution in [0.15, 0.2) is 0 Å². The van der Waals surface area contributed by atoms with Crippen LogP contribution in [0.5, 0.6) is 0 Å². The van der Waals surface area contributed by atoms with Crippen molar-refractivity contribution in [2.45, 2.75) is 32.7 Å². The first-order chi connectivity index (χ1) is 3.98. The number of aldehydes is 1. The van der Waals surface area contributed by atoms with Crippen LogP contribution in [0.4, 0.5) is 0 Å². The van der Waals surface area contributed by atoms with Crippen molar-refractivity contribution >= 4 is 6.29 Å². The molecule has 0 saturated carbocycles. The van der Waals surface area contributed by atoms with Gasteiger partial charge in [0.1, 0.15) is 6.29 Å². The Labute approximate surface area is 56.4 Å². The van der Waals surface area contributed by atoms with E-state index >= 15 is 0 Å². The first-order valence-electron chi connectivity index (χ1n) is 3.21. The molecule has 0 amide bonds. The fourth-order valence-corrected chi connectivity index (χ4v) is 0.448. The Hall–Kier alpha value is -0.370. The van der Waals surface area contributed by atoms with Gasteiger partial charge < -0.3 is 10.5 Å². The summed E-state index contributed by atoms with van der Waals surface area (Å²) in [5, 5.41) is 0. The van der Waals surface area contributed by atoms with E-state index in [4.69, 9.17) is 5.73 Å². The molecule has 0 aliphatic rings. The van der Waals surface area contributed by atoms with E-state index in [9.17, 15) is 4.79 Å². The second-order valence-electron chi connectivity index (χ2n) is 3.12. The molecule has 0 saturated heterocycles. The first kappa shape index (κ1) is 8.63. The molecule has 2 N–H and O–H groups in total. The SMILES string of the molecule is CC(CC=O)C(C)(C)N. The van der Waals surface area contributed by atoms with Crippen LogP contribution in [-0.4, -0.2) is 11.8 Å². The van der Waals surface area contributed by atoms with E-state index in [0.29, 0.717) is 6.42 Å². The molecule has 1 unspecified atom stereocenters. The Bertz CT molecular complexity index is 93.6. The van der Waals surface area contributed by atoms with Crippen LogP contribution in [0, 0.1) is 5.92 Å². The fourth-order valence-electron chi connectivity index (χ4n) is 0.448. The number of carbonyl (C=O) groups excluding carboxylic acids is 1. The normalized spacial score (nSPS) is 15.1. The number of carbonyl (C=O) groups is 1. The lowest BCUT2D eigenvalue weighted by Crippen LogP contribution is -2.39. The van der Waals surface area contributed by atoms with Gasteiger partial charge in [-0.3, -0.25) is 0 Å². The van der Waals surface area contributed by atoms with E-state index in [1.165, 1.54) is 0 Å². The molecule has 0 fully saturated rings. The minimum Gasteiger partial charge on any atom is -0.325 e. The molecule has 0 aromatic carbocycles. The van der Waals surface area contributed by atoms with Gasteiger partial charge in [-0.05, 0) is 19.8 Å². The van der Waals surface area contributed by atoms with Gasteiger partial charge in [0.25, 0.3) is 0 Å². The Morgan fingerprint density at radius 2 is 2.11 bits per heavy atom. The number of hydrogen-bond donors (Lipinski definition) is 1. The molecule has 0 aliphatic heterocycles. The lowest BCUT2D eigenvalue weighted by molar-refractivity contribution is -0.108. The molecule has 0 heterocycles. The molecule has 1 atom stereocenters. The largest absolute Gasteiger partial charge is 0.325 e. The van der Waals surface area contributed by atoms with Crippen LogP contribution in [0.25, 0.3) is 0 Å². The highest BCUT2D eigenvalue weighted by atomic mass is 16.1. The maximum Gasteiger partial charge on any atom is 0.120 e.